The van der Waals surface area contributed by atoms with Crippen LogP contribution in [0.5, 0.6) is 5.75 Å². The number of alkyl halides is 3. The van der Waals surface area contributed by atoms with Crippen molar-refractivity contribution in [2.24, 2.45) is 0 Å². The van der Waals surface area contributed by atoms with Gasteiger partial charge in [0.1, 0.15) is 5.75 Å². The van der Waals surface area contributed by atoms with Crippen molar-refractivity contribution in [2.45, 2.75) is 12.7 Å². The maximum Gasteiger partial charge on any atom is 0.417 e. The molecule has 1 heterocycles. The van der Waals surface area contributed by atoms with Crippen molar-refractivity contribution in [3.63, 3.8) is 0 Å². The number of nitrogens with zero attached hydrogens (tertiary/aromatic N) is 2. The van der Waals surface area contributed by atoms with Crippen LogP contribution >= 0.6 is 0 Å². The third-order valence-corrected chi connectivity index (χ3v) is 3.47. The van der Waals surface area contributed by atoms with Crippen molar-refractivity contribution in [3.8, 4) is 17.2 Å². The number of rotatable bonds is 5. The van der Waals surface area contributed by atoms with Crippen LogP contribution in [0.4, 0.5) is 18.9 Å². The summed E-state index contributed by atoms with van der Waals surface area (Å²) >= 11 is 0. The molecule has 0 amide bonds. The fourth-order valence-electron chi connectivity index (χ4n) is 2.31. The number of ether oxygens (including phenoxy) is 1. The van der Waals surface area contributed by atoms with Crippen molar-refractivity contribution in [3.05, 3.63) is 60.0 Å². The second-order valence-corrected chi connectivity index (χ2v) is 5.10. The van der Waals surface area contributed by atoms with Gasteiger partial charge < -0.3 is 14.5 Å². The molecule has 130 valence electrons. The van der Waals surface area contributed by atoms with Crippen LogP contribution in [0.1, 0.15) is 11.5 Å². The molecule has 0 radical (unpaired) electrons. The molecule has 0 atom stereocenters. The molecule has 0 aliphatic heterocycles. The molecule has 8 heteroatoms. The van der Waals surface area contributed by atoms with Gasteiger partial charge in [0.25, 0.3) is 0 Å². The Morgan fingerprint density at radius 1 is 1.04 bits per heavy atom. The lowest BCUT2D eigenvalue weighted by Gasteiger charge is -2.10. The molecule has 0 bridgehead atoms. The highest BCUT2D eigenvalue weighted by Gasteiger charge is 2.34. The van der Waals surface area contributed by atoms with Gasteiger partial charge in [0.2, 0.25) is 11.8 Å². The highest BCUT2D eigenvalue weighted by Crippen LogP contribution is 2.36. The summed E-state index contributed by atoms with van der Waals surface area (Å²) in [6, 6.07) is 12.3. The molecular weight excluding hydrogens is 335 g/mol. The monoisotopic (exact) mass is 349 g/mol. The van der Waals surface area contributed by atoms with Crippen LogP contribution in [0.15, 0.2) is 52.9 Å². The first kappa shape index (κ1) is 16.8. The Morgan fingerprint density at radius 2 is 1.76 bits per heavy atom. The fourth-order valence-corrected chi connectivity index (χ4v) is 2.31. The molecule has 5 nitrogen and oxygen atoms in total. The minimum Gasteiger partial charge on any atom is -0.495 e. The Balaban J connectivity index is 1.80. The lowest BCUT2D eigenvalue weighted by atomic mass is 10.1. The first-order chi connectivity index (χ1) is 12.0. The van der Waals surface area contributed by atoms with Crippen LogP contribution in [-0.2, 0) is 12.7 Å². The predicted octanol–water partition coefficient (Wildman–Crippen LogP) is 4.38. The van der Waals surface area contributed by atoms with Crippen LogP contribution in [-0.4, -0.2) is 17.3 Å². The number of para-hydroxylation sites is 2. The number of hydrogen-bond acceptors (Lipinski definition) is 5. The van der Waals surface area contributed by atoms with Crippen LogP contribution in [0, 0.1) is 0 Å². The summed E-state index contributed by atoms with van der Waals surface area (Å²) in [4.78, 5) is 0. The standard InChI is InChI=1S/C17H14F3N3O2/c1-24-14-9-5-4-8-13(14)21-10-15-22-23-16(25-15)11-6-2-3-7-12(11)17(18,19)20/h2-9,21H,10H2,1H3. The largest absolute Gasteiger partial charge is 0.495 e. The minimum absolute atomic E-state index is 0.147. The quantitative estimate of drug-likeness (QED) is 0.741. The highest BCUT2D eigenvalue weighted by atomic mass is 19.4. The van der Waals surface area contributed by atoms with Gasteiger partial charge in [-0.3, -0.25) is 0 Å². The molecule has 0 saturated heterocycles. The number of aromatic nitrogens is 2. The summed E-state index contributed by atoms with van der Waals surface area (Å²) < 4.78 is 49.8. The van der Waals surface area contributed by atoms with Gasteiger partial charge in [0.05, 0.1) is 30.5 Å². The van der Waals surface area contributed by atoms with E-state index in [0.717, 1.165) is 6.07 Å². The van der Waals surface area contributed by atoms with E-state index in [0.29, 0.717) is 11.4 Å². The Kier molecular flexibility index (Phi) is 4.60. The van der Waals surface area contributed by atoms with E-state index in [-0.39, 0.29) is 23.9 Å². The van der Waals surface area contributed by atoms with E-state index in [2.05, 4.69) is 15.5 Å². The SMILES string of the molecule is COc1ccccc1NCc1nnc(-c2ccccc2C(F)(F)F)o1. The Hall–Kier alpha value is -3.03. The second kappa shape index (κ2) is 6.84. The van der Waals surface area contributed by atoms with E-state index in [1.165, 1.54) is 18.2 Å². The molecule has 3 aromatic rings. The zero-order chi connectivity index (χ0) is 17.9. The van der Waals surface area contributed by atoms with Crippen molar-refractivity contribution in [1.29, 1.82) is 0 Å². The second-order valence-electron chi connectivity index (χ2n) is 5.10. The van der Waals surface area contributed by atoms with Crippen molar-refractivity contribution < 1.29 is 22.3 Å². The average molecular weight is 349 g/mol. The molecule has 0 unspecified atom stereocenters. The Bertz CT molecular complexity index is 862. The molecule has 0 aliphatic carbocycles. The van der Waals surface area contributed by atoms with Crippen LogP contribution in [0.2, 0.25) is 0 Å². The van der Waals surface area contributed by atoms with E-state index in [1.54, 1.807) is 19.2 Å². The highest BCUT2D eigenvalue weighted by molar-refractivity contribution is 5.59. The van der Waals surface area contributed by atoms with Crippen molar-refractivity contribution >= 4 is 5.69 Å². The lowest BCUT2D eigenvalue weighted by molar-refractivity contribution is -0.137. The Labute approximate surface area is 141 Å². The van der Waals surface area contributed by atoms with E-state index >= 15 is 0 Å². The number of halogens is 3. The molecular formula is C17H14F3N3O2. The van der Waals surface area contributed by atoms with Gasteiger partial charge in [-0.2, -0.15) is 13.2 Å². The smallest absolute Gasteiger partial charge is 0.417 e. The van der Waals surface area contributed by atoms with Gasteiger partial charge in [-0.25, -0.2) is 0 Å². The third kappa shape index (κ3) is 3.73. The molecule has 0 saturated carbocycles. The van der Waals surface area contributed by atoms with Gasteiger partial charge in [0, 0.05) is 0 Å². The number of benzene rings is 2. The number of hydrogen-bond donors (Lipinski definition) is 1. The number of nitrogens with one attached hydrogen (secondary N) is 1. The maximum absolute atomic E-state index is 13.1. The zero-order valence-electron chi connectivity index (χ0n) is 13.2. The molecule has 25 heavy (non-hydrogen) atoms. The molecule has 1 N–H and O–H groups in total. The molecule has 0 fully saturated rings. The van der Waals surface area contributed by atoms with Gasteiger partial charge in [-0.15, -0.1) is 10.2 Å². The van der Waals surface area contributed by atoms with Crippen LogP contribution in [0.25, 0.3) is 11.5 Å². The van der Waals surface area contributed by atoms with Gasteiger partial charge >= 0.3 is 6.18 Å². The molecule has 0 spiro atoms. The van der Waals surface area contributed by atoms with E-state index in [4.69, 9.17) is 9.15 Å². The van der Waals surface area contributed by atoms with Crippen molar-refractivity contribution in [2.75, 3.05) is 12.4 Å². The topological polar surface area (TPSA) is 60.2 Å². The van der Waals surface area contributed by atoms with Crippen LogP contribution in [0.3, 0.4) is 0 Å². The molecule has 3 rings (SSSR count). The normalized spacial score (nSPS) is 11.4. The fraction of sp³-hybridized carbons (Fsp3) is 0.176. The molecule has 0 aliphatic rings. The van der Waals surface area contributed by atoms with E-state index in [1.807, 2.05) is 12.1 Å². The van der Waals surface area contributed by atoms with Gasteiger partial charge in [-0.1, -0.05) is 24.3 Å². The number of anilines is 1. The zero-order valence-corrected chi connectivity index (χ0v) is 13.2. The summed E-state index contributed by atoms with van der Waals surface area (Å²) in [7, 11) is 1.54. The van der Waals surface area contributed by atoms with Crippen LogP contribution < -0.4 is 10.1 Å². The summed E-state index contributed by atoms with van der Waals surface area (Å²) in [6.07, 6.45) is -4.50. The van der Waals surface area contributed by atoms with Crippen molar-refractivity contribution in [1.82, 2.24) is 10.2 Å². The summed E-state index contributed by atoms with van der Waals surface area (Å²) in [5.41, 5.74) is -0.255. The first-order valence-electron chi connectivity index (χ1n) is 7.35. The predicted molar refractivity (Wildman–Crippen MR) is 85.1 cm³/mol. The third-order valence-electron chi connectivity index (χ3n) is 3.47. The van der Waals surface area contributed by atoms with E-state index < -0.39 is 11.7 Å². The van der Waals surface area contributed by atoms with Gasteiger partial charge in [-0.05, 0) is 24.3 Å². The minimum atomic E-state index is -4.50. The summed E-state index contributed by atoms with van der Waals surface area (Å²) in [5.74, 6) is 0.618. The number of methoxy groups -OCH3 is 1. The first-order valence-corrected chi connectivity index (χ1v) is 7.35. The van der Waals surface area contributed by atoms with E-state index in [9.17, 15) is 13.2 Å². The Morgan fingerprint density at radius 3 is 2.52 bits per heavy atom. The lowest BCUT2D eigenvalue weighted by Crippen LogP contribution is -2.06. The molecule has 2 aromatic carbocycles. The molecule has 1 aromatic heterocycles. The summed E-state index contributed by atoms with van der Waals surface area (Å²) in [5, 5.41) is 10.6. The maximum atomic E-state index is 13.1. The average Bonchev–Trinajstić information content (AvgIpc) is 3.08. The summed E-state index contributed by atoms with van der Waals surface area (Å²) in [6.45, 7) is 0.154. The van der Waals surface area contributed by atoms with Gasteiger partial charge in [0.15, 0.2) is 0 Å².